The minimum atomic E-state index is -0.862. The highest BCUT2D eigenvalue weighted by Crippen LogP contribution is 2.30. The number of nitrogens with zero attached hydrogens (tertiary/aromatic N) is 1. The van der Waals surface area contributed by atoms with Crippen LogP contribution in [0.15, 0.2) is 36.9 Å². The Morgan fingerprint density at radius 1 is 1.55 bits per heavy atom. The number of H-pyrrole nitrogens is 1. The Morgan fingerprint density at radius 3 is 3.05 bits per heavy atom. The van der Waals surface area contributed by atoms with Crippen molar-refractivity contribution < 1.29 is 9.90 Å². The Balaban J connectivity index is 1.98. The Labute approximate surface area is 133 Å². The van der Waals surface area contributed by atoms with E-state index in [4.69, 9.17) is 12.2 Å². The van der Waals surface area contributed by atoms with Crippen molar-refractivity contribution >= 4 is 34.2 Å². The Hall–Kier alpha value is -2.34. The number of aromatic nitrogens is 1. The second-order valence-corrected chi connectivity index (χ2v) is 5.68. The second kappa shape index (κ2) is 5.81. The van der Waals surface area contributed by atoms with Crippen LogP contribution in [0.25, 0.3) is 10.9 Å². The van der Waals surface area contributed by atoms with Crippen LogP contribution >= 0.6 is 12.2 Å². The number of aromatic amines is 1. The number of fused-ring (bicyclic) bond motifs is 3. The zero-order valence-electron chi connectivity index (χ0n) is 12.0. The molecule has 22 heavy (non-hydrogen) atoms. The molecule has 0 aliphatic carbocycles. The van der Waals surface area contributed by atoms with Crippen LogP contribution in [-0.4, -0.2) is 38.7 Å². The van der Waals surface area contributed by atoms with Gasteiger partial charge in [0.25, 0.3) is 0 Å². The molecule has 1 aliphatic heterocycles. The maximum atomic E-state index is 11.7. The van der Waals surface area contributed by atoms with Crippen LogP contribution in [0.2, 0.25) is 0 Å². The van der Waals surface area contributed by atoms with E-state index < -0.39 is 12.0 Å². The highest BCUT2D eigenvalue weighted by atomic mass is 32.1. The molecule has 3 rings (SSSR count). The first kappa shape index (κ1) is 14.6. The normalized spacial score (nSPS) is 17.1. The molecule has 0 bridgehead atoms. The van der Waals surface area contributed by atoms with Crippen LogP contribution in [-0.2, 0) is 17.8 Å². The SMILES string of the molecule is C=CCNC(=S)N1Cc2[nH]c3ccccc3c2CC1C(=O)O. The Morgan fingerprint density at radius 2 is 2.32 bits per heavy atom. The van der Waals surface area contributed by atoms with Crippen molar-refractivity contribution in [3.8, 4) is 0 Å². The van der Waals surface area contributed by atoms with Gasteiger partial charge in [-0.15, -0.1) is 6.58 Å². The minimum Gasteiger partial charge on any atom is -0.480 e. The predicted molar refractivity (Wildman–Crippen MR) is 89.8 cm³/mol. The van der Waals surface area contributed by atoms with Crippen LogP contribution in [0.4, 0.5) is 0 Å². The van der Waals surface area contributed by atoms with Gasteiger partial charge >= 0.3 is 5.97 Å². The molecule has 0 saturated carbocycles. The highest BCUT2D eigenvalue weighted by molar-refractivity contribution is 7.80. The number of thiocarbonyl (C=S) groups is 1. The summed E-state index contributed by atoms with van der Waals surface area (Å²) in [5, 5.41) is 14.1. The molecular weight excluding hydrogens is 298 g/mol. The zero-order valence-corrected chi connectivity index (χ0v) is 12.8. The lowest BCUT2D eigenvalue weighted by Gasteiger charge is -2.35. The molecule has 5 nitrogen and oxygen atoms in total. The van der Waals surface area contributed by atoms with E-state index in [-0.39, 0.29) is 0 Å². The number of para-hydroxylation sites is 1. The van der Waals surface area contributed by atoms with Crippen molar-refractivity contribution in [1.82, 2.24) is 15.2 Å². The maximum absolute atomic E-state index is 11.7. The van der Waals surface area contributed by atoms with Gasteiger partial charge in [0.2, 0.25) is 0 Å². The number of nitrogens with one attached hydrogen (secondary N) is 2. The fraction of sp³-hybridized carbons (Fsp3) is 0.250. The fourth-order valence-corrected chi connectivity index (χ4v) is 3.18. The number of hydrogen-bond acceptors (Lipinski definition) is 2. The first-order valence-corrected chi connectivity index (χ1v) is 7.49. The van der Waals surface area contributed by atoms with Gasteiger partial charge in [0.05, 0.1) is 6.54 Å². The van der Waals surface area contributed by atoms with Gasteiger partial charge in [0.15, 0.2) is 5.11 Å². The number of carboxylic acids is 1. The fourth-order valence-electron chi connectivity index (χ4n) is 2.90. The number of rotatable bonds is 3. The van der Waals surface area contributed by atoms with Gasteiger partial charge in [0.1, 0.15) is 6.04 Å². The Bertz CT molecular complexity index is 753. The molecule has 0 spiro atoms. The van der Waals surface area contributed by atoms with Gasteiger partial charge in [-0.1, -0.05) is 24.3 Å². The van der Waals surface area contributed by atoms with Crippen LogP contribution in [0, 0.1) is 0 Å². The number of carbonyl (C=O) groups is 1. The molecule has 3 N–H and O–H groups in total. The average molecular weight is 315 g/mol. The van der Waals surface area contributed by atoms with Crippen LogP contribution < -0.4 is 5.32 Å². The summed E-state index contributed by atoms with van der Waals surface area (Å²) in [6.45, 7) is 4.61. The van der Waals surface area contributed by atoms with Gasteiger partial charge < -0.3 is 20.3 Å². The van der Waals surface area contributed by atoms with Crippen molar-refractivity contribution in [2.45, 2.75) is 19.0 Å². The quantitative estimate of drug-likeness (QED) is 0.597. The third-order valence-corrected chi connectivity index (χ3v) is 4.33. The molecule has 0 amide bonds. The van der Waals surface area contributed by atoms with Crippen LogP contribution in [0.1, 0.15) is 11.3 Å². The molecule has 1 aromatic carbocycles. The molecule has 1 atom stereocenters. The number of hydrogen-bond donors (Lipinski definition) is 3. The first-order chi connectivity index (χ1) is 10.6. The van der Waals surface area contributed by atoms with Crippen molar-refractivity contribution in [2.75, 3.05) is 6.54 Å². The molecule has 6 heteroatoms. The third kappa shape index (κ3) is 2.46. The van der Waals surface area contributed by atoms with E-state index in [0.717, 1.165) is 22.2 Å². The van der Waals surface area contributed by atoms with Crippen LogP contribution in [0.3, 0.4) is 0 Å². The third-order valence-electron chi connectivity index (χ3n) is 3.95. The lowest BCUT2D eigenvalue weighted by molar-refractivity contribution is -0.142. The van der Waals surface area contributed by atoms with Gasteiger partial charge in [-0.25, -0.2) is 4.79 Å². The monoisotopic (exact) mass is 315 g/mol. The van der Waals surface area contributed by atoms with Crippen LogP contribution in [0.5, 0.6) is 0 Å². The summed E-state index contributed by atoms with van der Waals surface area (Å²) in [6, 6.07) is 7.30. The molecule has 2 aromatic rings. The van der Waals surface area contributed by atoms with E-state index in [0.29, 0.717) is 24.6 Å². The van der Waals surface area contributed by atoms with E-state index in [1.54, 1.807) is 11.0 Å². The standard InChI is InChI=1S/C16H17N3O2S/c1-2-7-17-16(22)19-9-13-11(8-14(19)15(20)21)10-5-3-4-6-12(10)18-13/h2-6,14,18H,1,7-9H2,(H,17,22)(H,20,21). The van der Waals surface area contributed by atoms with E-state index >= 15 is 0 Å². The summed E-state index contributed by atoms with van der Waals surface area (Å²) < 4.78 is 0. The Kier molecular flexibility index (Phi) is 3.85. The minimum absolute atomic E-state index is 0.435. The summed E-state index contributed by atoms with van der Waals surface area (Å²) in [4.78, 5) is 16.7. The lowest BCUT2D eigenvalue weighted by Crippen LogP contribution is -2.52. The first-order valence-electron chi connectivity index (χ1n) is 7.08. The molecule has 114 valence electrons. The number of aliphatic carboxylic acids is 1. The van der Waals surface area contributed by atoms with Crippen molar-refractivity contribution in [2.24, 2.45) is 0 Å². The zero-order chi connectivity index (χ0) is 15.7. The second-order valence-electron chi connectivity index (χ2n) is 5.29. The highest BCUT2D eigenvalue weighted by Gasteiger charge is 2.34. The van der Waals surface area contributed by atoms with Gasteiger partial charge in [-0.05, 0) is 23.8 Å². The van der Waals surface area contributed by atoms with E-state index in [9.17, 15) is 9.90 Å². The molecule has 2 heterocycles. The van der Waals surface area contributed by atoms with Gasteiger partial charge in [-0.2, -0.15) is 0 Å². The van der Waals surface area contributed by atoms with E-state index in [1.165, 1.54) is 0 Å². The summed E-state index contributed by atoms with van der Waals surface area (Å²) in [5.41, 5.74) is 3.13. The van der Waals surface area contributed by atoms with E-state index in [1.807, 2.05) is 24.3 Å². The molecule has 1 unspecified atom stereocenters. The number of carboxylic acid groups (broad SMARTS) is 1. The lowest BCUT2D eigenvalue weighted by atomic mass is 9.97. The van der Waals surface area contributed by atoms with Crippen molar-refractivity contribution in [3.05, 3.63) is 48.2 Å². The summed E-state index contributed by atoms with van der Waals surface area (Å²) in [5.74, 6) is -0.862. The molecule has 1 aliphatic rings. The molecule has 1 aromatic heterocycles. The molecule has 0 fully saturated rings. The topological polar surface area (TPSA) is 68.4 Å². The number of benzene rings is 1. The maximum Gasteiger partial charge on any atom is 0.326 e. The summed E-state index contributed by atoms with van der Waals surface area (Å²) in [6.07, 6.45) is 2.13. The molecular formula is C16H17N3O2S. The van der Waals surface area contributed by atoms with E-state index in [2.05, 4.69) is 16.9 Å². The van der Waals surface area contributed by atoms with Gasteiger partial charge in [-0.3, -0.25) is 0 Å². The van der Waals surface area contributed by atoms with Gasteiger partial charge in [0, 0.05) is 29.6 Å². The average Bonchev–Trinajstić information content (AvgIpc) is 2.88. The van der Waals surface area contributed by atoms with Crippen molar-refractivity contribution in [1.29, 1.82) is 0 Å². The predicted octanol–water partition coefficient (Wildman–Crippen LogP) is 2.04. The summed E-state index contributed by atoms with van der Waals surface area (Å²) in [7, 11) is 0. The van der Waals surface area contributed by atoms with Crippen molar-refractivity contribution in [3.63, 3.8) is 0 Å². The smallest absolute Gasteiger partial charge is 0.326 e. The molecule has 0 saturated heterocycles. The summed E-state index contributed by atoms with van der Waals surface area (Å²) >= 11 is 5.34. The largest absolute Gasteiger partial charge is 0.480 e. The molecule has 0 radical (unpaired) electrons.